The fraction of sp³-hybridized carbons (Fsp3) is 0.368. The Morgan fingerprint density at radius 1 is 1.00 bits per heavy atom. The fourth-order valence-corrected chi connectivity index (χ4v) is 5.40. The fourth-order valence-electron chi connectivity index (χ4n) is 3.73. The highest BCUT2D eigenvalue weighted by Crippen LogP contribution is 2.41. The van der Waals surface area contributed by atoms with Crippen LogP contribution >= 0.6 is 0 Å². The molecule has 138 valence electrons. The van der Waals surface area contributed by atoms with Gasteiger partial charge in [-0.1, -0.05) is 36.4 Å². The molecule has 0 aliphatic carbocycles. The molecule has 0 spiro atoms. The quantitative estimate of drug-likeness (QED) is 0.883. The molecule has 1 saturated heterocycles. The highest BCUT2D eigenvalue weighted by atomic mass is 32.2. The molecule has 2 aromatic carbocycles. The van der Waals surface area contributed by atoms with E-state index in [4.69, 9.17) is 15.2 Å². The van der Waals surface area contributed by atoms with E-state index in [2.05, 4.69) is 0 Å². The molecule has 0 aromatic heterocycles. The Kier molecular flexibility index (Phi) is 4.60. The molecule has 0 saturated carbocycles. The van der Waals surface area contributed by atoms with Gasteiger partial charge in [-0.05, 0) is 30.2 Å². The van der Waals surface area contributed by atoms with Crippen molar-refractivity contribution in [2.45, 2.75) is 10.8 Å². The second-order valence-electron chi connectivity index (χ2n) is 6.62. The van der Waals surface area contributed by atoms with Crippen molar-refractivity contribution in [2.75, 3.05) is 32.8 Å². The highest BCUT2D eigenvalue weighted by molar-refractivity contribution is 7.89. The molecule has 7 heteroatoms. The van der Waals surface area contributed by atoms with Crippen LogP contribution in [-0.4, -0.2) is 45.6 Å². The minimum atomic E-state index is -3.69. The smallest absolute Gasteiger partial charge is 0.246 e. The third kappa shape index (κ3) is 2.96. The summed E-state index contributed by atoms with van der Waals surface area (Å²) >= 11 is 0. The van der Waals surface area contributed by atoms with Gasteiger partial charge in [-0.15, -0.1) is 0 Å². The number of hydrogen-bond acceptors (Lipinski definition) is 5. The van der Waals surface area contributed by atoms with Crippen LogP contribution in [0.1, 0.15) is 11.5 Å². The van der Waals surface area contributed by atoms with Crippen LogP contribution in [0.5, 0.6) is 11.5 Å². The average molecular weight is 374 g/mol. The van der Waals surface area contributed by atoms with Crippen LogP contribution in [0.4, 0.5) is 0 Å². The lowest BCUT2D eigenvalue weighted by Crippen LogP contribution is -2.31. The van der Waals surface area contributed by atoms with Crippen molar-refractivity contribution in [3.63, 3.8) is 0 Å². The number of nitrogens with two attached hydrogens (primary N) is 1. The zero-order valence-electron chi connectivity index (χ0n) is 14.4. The van der Waals surface area contributed by atoms with Gasteiger partial charge in [0, 0.05) is 19.0 Å². The summed E-state index contributed by atoms with van der Waals surface area (Å²) in [4.78, 5) is 0.166. The summed E-state index contributed by atoms with van der Waals surface area (Å²) in [5.41, 5.74) is 7.07. The number of hydrogen-bond donors (Lipinski definition) is 1. The maximum absolute atomic E-state index is 13.3. The lowest BCUT2D eigenvalue weighted by Gasteiger charge is -2.23. The first kappa shape index (κ1) is 17.3. The van der Waals surface area contributed by atoms with Gasteiger partial charge < -0.3 is 15.2 Å². The zero-order chi connectivity index (χ0) is 18.1. The number of ether oxygens (including phenoxy) is 2. The van der Waals surface area contributed by atoms with Crippen molar-refractivity contribution >= 4 is 10.0 Å². The van der Waals surface area contributed by atoms with Crippen molar-refractivity contribution in [3.05, 3.63) is 54.1 Å². The summed E-state index contributed by atoms with van der Waals surface area (Å²) in [7, 11) is -3.69. The molecule has 4 rings (SSSR count). The lowest BCUT2D eigenvalue weighted by atomic mass is 9.89. The van der Waals surface area contributed by atoms with Gasteiger partial charge in [0.1, 0.15) is 18.1 Å². The van der Waals surface area contributed by atoms with Crippen molar-refractivity contribution in [2.24, 2.45) is 11.7 Å². The van der Waals surface area contributed by atoms with Crippen LogP contribution < -0.4 is 15.2 Å². The van der Waals surface area contributed by atoms with Crippen LogP contribution in [0.25, 0.3) is 0 Å². The number of sulfonamides is 1. The van der Waals surface area contributed by atoms with E-state index in [0.29, 0.717) is 44.3 Å². The molecular formula is C19H22N2O4S. The van der Waals surface area contributed by atoms with Crippen LogP contribution in [0.3, 0.4) is 0 Å². The van der Waals surface area contributed by atoms with Crippen molar-refractivity contribution in [3.8, 4) is 11.5 Å². The van der Waals surface area contributed by atoms with E-state index in [1.807, 2.05) is 30.3 Å². The van der Waals surface area contributed by atoms with Gasteiger partial charge in [0.25, 0.3) is 0 Å². The van der Waals surface area contributed by atoms with Crippen LogP contribution in [0, 0.1) is 5.92 Å². The van der Waals surface area contributed by atoms with Gasteiger partial charge in [0.15, 0.2) is 11.5 Å². The standard InChI is InChI=1S/C19H22N2O4S/c20-11-15-12-21(13-16(15)14-5-2-1-3-6-14)26(22,23)18-8-4-7-17-19(18)25-10-9-24-17/h1-8,15-16H,9-13,20H2/t15-,16+/m1/s1. The van der Waals surface area contributed by atoms with Crippen LogP contribution in [0.2, 0.25) is 0 Å². The second-order valence-corrected chi connectivity index (χ2v) is 8.52. The van der Waals surface area contributed by atoms with Crippen molar-refractivity contribution in [1.82, 2.24) is 4.31 Å². The number of rotatable bonds is 4. The number of benzene rings is 2. The summed E-state index contributed by atoms with van der Waals surface area (Å²) < 4.78 is 39.2. The van der Waals surface area contributed by atoms with E-state index in [9.17, 15) is 8.42 Å². The van der Waals surface area contributed by atoms with E-state index in [1.54, 1.807) is 18.2 Å². The predicted molar refractivity (Wildman–Crippen MR) is 97.9 cm³/mol. The summed E-state index contributed by atoms with van der Waals surface area (Å²) in [6, 6.07) is 15.0. The molecule has 0 unspecified atom stereocenters. The lowest BCUT2D eigenvalue weighted by molar-refractivity contribution is 0.166. The Labute approximate surface area is 153 Å². The first-order valence-corrected chi connectivity index (χ1v) is 10.2. The first-order chi connectivity index (χ1) is 12.6. The van der Waals surface area contributed by atoms with E-state index in [1.165, 1.54) is 4.31 Å². The van der Waals surface area contributed by atoms with Gasteiger partial charge in [0.05, 0.1) is 0 Å². The normalized spacial score (nSPS) is 23.1. The van der Waals surface area contributed by atoms with Crippen LogP contribution in [0.15, 0.2) is 53.4 Å². The van der Waals surface area contributed by atoms with E-state index >= 15 is 0 Å². The molecular weight excluding hydrogens is 352 g/mol. The summed E-state index contributed by atoms with van der Waals surface area (Å²) in [6.45, 7) is 2.03. The SMILES string of the molecule is NC[C@@H]1CN(S(=O)(=O)c2cccc3c2OCCO3)C[C@H]1c1ccccc1. The molecule has 2 heterocycles. The summed E-state index contributed by atoms with van der Waals surface area (Å²) in [6.07, 6.45) is 0. The number of nitrogens with zero attached hydrogens (tertiary/aromatic N) is 1. The Balaban J connectivity index is 1.67. The van der Waals surface area contributed by atoms with Gasteiger partial charge >= 0.3 is 0 Å². The molecule has 2 aromatic rings. The minimum absolute atomic E-state index is 0.0869. The molecule has 2 aliphatic rings. The molecule has 2 aliphatic heterocycles. The third-order valence-electron chi connectivity index (χ3n) is 5.09. The van der Waals surface area contributed by atoms with Gasteiger partial charge in [-0.2, -0.15) is 4.31 Å². The maximum Gasteiger partial charge on any atom is 0.246 e. The maximum atomic E-state index is 13.3. The van der Waals surface area contributed by atoms with Crippen molar-refractivity contribution in [1.29, 1.82) is 0 Å². The van der Waals surface area contributed by atoms with Crippen LogP contribution in [-0.2, 0) is 10.0 Å². The topological polar surface area (TPSA) is 81.9 Å². The summed E-state index contributed by atoms with van der Waals surface area (Å²) in [5, 5.41) is 0. The number of para-hydroxylation sites is 1. The molecule has 0 amide bonds. The zero-order valence-corrected chi connectivity index (χ0v) is 15.2. The molecule has 6 nitrogen and oxygen atoms in total. The molecule has 2 N–H and O–H groups in total. The third-order valence-corrected chi connectivity index (χ3v) is 6.94. The Morgan fingerprint density at radius 3 is 2.54 bits per heavy atom. The van der Waals surface area contributed by atoms with Gasteiger partial charge in [-0.25, -0.2) is 8.42 Å². The average Bonchev–Trinajstić information content (AvgIpc) is 3.13. The molecule has 26 heavy (non-hydrogen) atoms. The van der Waals surface area contributed by atoms with Gasteiger partial charge in [0.2, 0.25) is 10.0 Å². The largest absolute Gasteiger partial charge is 0.486 e. The second kappa shape index (κ2) is 6.90. The Hall–Kier alpha value is -2.09. The van der Waals surface area contributed by atoms with E-state index in [-0.39, 0.29) is 16.7 Å². The minimum Gasteiger partial charge on any atom is -0.486 e. The van der Waals surface area contributed by atoms with Gasteiger partial charge in [-0.3, -0.25) is 0 Å². The Bertz CT molecular complexity index is 886. The number of fused-ring (bicyclic) bond motifs is 1. The Morgan fingerprint density at radius 2 is 1.77 bits per heavy atom. The van der Waals surface area contributed by atoms with E-state index < -0.39 is 10.0 Å². The summed E-state index contributed by atoms with van der Waals surface area (Å²) in [5.74, 6) is 0.967. The van der Waals surface area contributed by atoms with E-state index in [0.717, 1.165) is 5.56 Å². The first-order valence-electron chi connectivity index (χ1n) is 8.75. The molecule has 2 atom stereocenters. The highest BCUT2D eigenvalue weighted by Gasteiger charge is 2.41. The molecule has 0 radical (unpaired) electrons. The molecule has 1 fully saturated rings. The molecule has 0 bridgehead atoms. The predicted octanol–water partition coefficient (Wildman–Crippen LogP) is 1.82. The monoisotopic (exact) mass is 374 g/mol. The van der Waals surface area contributed by atoms with Crippen molar-refractivity contribution < 1.29 is 17.9 Å².